The maximum absolute atomic E-state index is 11.8. The normalized spacial score (nSPS) is 25.8. The Labute approximate surface area is 376 Å². The van der Waals surface area contributed by atoms with Gasteiger partial charge in [0.15, 0.2) is 12.6 Å². The summed E-state index contributed by atoms with van der Waals surface area (Å²) < 4.78 is 60.8. The summed E-state index contributed by atoms with van der Waals surface area (Å²) in [7, 11) is 0. The predicted octanol–water partition coefficient (Wildman–Crippen LogP) is 8.98. The highest BCUT2D eigenvalue weighted by Gasteiger charge is 2.53. The van der Waals surface area contributed by atoms with Crippen molar-refractivity contribution in [3.63, 3.8) is 0 Å². The summed E-state index contributed by atoms with van der Waals surface area (Å²) in [6.07, 6.45) is -8.44. The summed E-state index contributed by atoms with van der Waals surface area (Å²) in [5, 5.41) is 11.8. The minimum absolute atomic E-state index is 0.0712. The van der Waals surface area contributed by atoms with Gasteiger partial charge < -0.3 is 47.7 Å². The van der Waals surface area contributed by atoms with Crippen molar-refractivity contribution in [3.8, 4) is 0 Å². The van der Waals surface area contributed by atoms with E-state index in [1.54, 1.807) is 0 Å². The lowest BCUT2D eigenvalue weighted by Crippen LogP contribution is -2.65. The quantitative estimate of drug-likeness (QED) is 0.0755. The summed E-state index contributed by atoms with van der Waals surface area (Å²) in [4.78, 5) is 0. The molecule has 1 N–H and O–H groups in total. The van der Waals surface area contributed by atoms with Gasteiger partial charge in [0.1, 0.15) is 42.7 Å². The molecule has 0 aromatic heterocycles. The van der Waals surface area contributed by atoms with E-state index >= 15 is 0 Å². The summed E-state index contributed by atoms with van der Waals surface area (Å²) in [6, 6.07) is 59.7. The van der Waals surface area contributed by atoms with E-state index in [0.29, 0.717) is 19.8 Å². The highest BCUT2D eigenvalue weighted by Crippen LogP contribution is 2.36. The lowest BCUT2D eigenvalue weighted by atomic mass is 9.96. The zero-order valence-corrected chi connectivity index (χ0v) is 36.2. The molecule has 2 heterocycles. The van der Waals surface area contributed by atoms with E-state index in [9.17, 15) is 5.11 Å². The van der Waals surface area contributed by atoms with Crippen LogP contribution in [0.2, 0.25) is 0 Å². The molecule has 334 valence electrons. The van der Waals surface area contributed by atoms with E-state index < -0.39 is 61.4 Å². The van der Waals surface area contributed by atoms with E-state index in [1.807, 2.05) is 189 Å². The van der Waals surface area contributed by atoms with Crippen LogP contribution < -0.4 is 0 Å². The fraction of sp³-hybridized carbons (Fsp3) is 0.333. The molecule has 2 aliphatic heterocycles. The SMILES string of the molecule is C[C@H]1O[C@H](O[C@H]2[C@H](OCc3ccccc3)[C@@H](OCc3ccccc3)[C@H](O)O[C@@H]2COCc2ccccc2)[C@H](OCc2ccccc2)[C@@H](OCc2ccccc2)[C@H]1OCc1ccccc1. The van der Waals surface area contributed by atoms with Gasteiger partial charge in [-0.1, -0.05) is 182 Å². The monoisotopic (exact) mass is 866 g/mol. The average Bonchev–Trinajstić information content (AvgIpc) is 3.34. The van der Waals surface area contributed by atoms with Crippen molar-refractivity contribution in [2.24, 2.45) is 0 Å². The van der Waals surface area contributed by atoms with Gasteiger partial charge in [-0.3, -0.25) is 0 Å². The first-order valence-electron chi connectivity index (χ1n) is 22.1. The first-order valence-corrected chi connectivity index (χ1v) is 22.1. The topological polar surface area (TPSA) is 103 Å². The fourth-order valence-corrected chi connectivity index (χ4v) is 8.09. The predicted molar refractivity (Wildman–Crippen MR) is 241 cm³/mol. The van der Waals surface area contributed by atoms with Crippen molar-refractivity contribution in [1.82, 2.24) is 0 Å². The molecule has 2 saturated heterocycles. The second-order valence-electron chi connectivity index (χ2n) is 16.2. The minimum atomic E-state index is -1.37. The fourth-order valence-electron chi connectivity index (χ4n) is 8.09. The van der Waals surface area contributed by atoms with Gasteiger partial charge in [0.2, 0.25) is 0 Å². The molecule has 0 amide bonds. The molecule has 6 aromatic carbocycles. The Balaban J connectivity index is 1.14. The van der Waals surface area contributed by atoms with Crippen LogP contribution in [0.4, 0.5) is 0 Å². The number of hydrogen-bond acceptors (Lipinski definition) is 10. The summed E-state index contributed by atoms with van der Waals surface area (Å²) in [5.41, 5.74) is 5.87. The van der Waals surface area contributed by atoms with Crippen LogP contribution >= 0.6 is 0 Å². The summed E-state index contributed by atoms with van der Waals surface area (Å²) >= 11 is 0. The van der Waals surface area contributed by atoms with Crippen LogP contribution in [-0.4, -0.2) is 73.1 Å². The smallest absolute Gasteiger partial charge is 0.187 e. The molecule has 0 unspecified atom stereocenters. The van der Waals surface area contributed by atoms with Crippen LogP contribution in [-0.2, 0) is 82.3 Å². The Hall–Kier alpha value is -5.08. The van der Waals surface area contributed by atoms with Crippen molar-refractivity contribution in [2.75, 3.05) is 6.61 Å². The maximum Gasteiger partial charge on any atom is 0.187 e. The zero-order chi connectivity index (χ0) is 43.8. The third-order valence-electron chi connectivity index (χ3n) is 11.4. The molecule has 0 saturated carbocycles. The van der Waals surface area contributed by atoms with E-state index in [4.69, 9.17) is 42.6 Å². The highest BCUT2D eigenvalue weighted by molar-refractivity contribution is 5.18. The first-order chi connectivity index (χ1) is 31.6. The van der Waals surface area contributed by atoms with Crippen LogP contribution in [0.3, 0.4) is 0 Å². The van der Waals surface area contributed by atoms with Crippen molar-refractivity contribution >= 4 is 0 Å². The molecule has 2 fully saturated rings. The number of hydrogen-bond donors (Lipinski definition) is 1. The van der Waals surface area contributed by atoms with Gasteiger partial charge in [-0.2, -0.15) is 0 Å². The molecule has 0 bridgehead atoms. The van der Waals surface area contributed by atoms with E-state index in [2.05, 4.69) is 0 Å². The van der Waals surface area contributed by atoms with Crippen LogP contribution in [0.25, 0.3) is 0 Å². The largest absolute Gasteiger partial charge is 0.374 e. The van der Waals surface area contributed by atoms with Crippen LogP contribution in [0.1, 0.15) is 40.3 Å². The second kappa shape index (κ2) is 23.7. The molecular formula is C54H58O10. The van der Waals surface area contributed by atoms with Gasteiger partial charge in [0.25, 0.3) is 0 Å². The zero-order valence-electron chi connectivity index (χ0n) is 36.2. The molecule has 10 nitrogen and oxygen atoms in total. The second-order valence-corrected chi connectivity index (χ2v) is 16.2. The Morgan fingerprint density at radius 3 is 1.11 bits per heavy atom. The van der Waals surface area contributed by atoms with Gasteiger partial charge in [-0.05, 0) is 40.3 Å². The van der Waals surface area contributed by atoms with Gasteiger partial charge >= 0.3 is 0 Å². The standard InChI is InChI=1S/C54H58O10/c1-39-47(57-33-41-22-10-3-11-23-41)49(58-34-42-24-12-4-13-25-42)52(61-37-45-30-18-7-19-31-45)54(62-39)64-48-46(38-56-32-40-20-8-2-9-21-40)63-53(55)51(60-36-44-28-16-6-17-29-44)50(48)59-35-43-26-14-5-15-27-43/h2-31,39,46-55H,32-38H2,1H3/t39-,46-,47+,48-,49+,50+,51-,52-,53-,54-/m1/s1. The molecule has 0 spiro atoms. The summed E-state index contributed by atoms with van der Waals surface area (Å²) in [5.74, 6) is 0. The van der Waals surface area contributed by atoms with E-state index in [1.165, 1.54) is 0 Å². The Kier molecular flexibility index (Phi) is 16.9. The van der Waals surface area contributed by atoms with Gasteiger partial charge in [-0.25, -0.2) is 0 Å². The van der Waals surface area contributed by atoms with Crippen molar-refractivity contribution in [3.05, 3.63) is 215 Å². The van der Waals surface area contributed by atoms with Crippen LogP contribution in [0.15, 0.2) is 182 Å². The summed E-state index contributed by atoms with van der Waals surface area (Å²) in [6.45, 7) is 3.67. The number of ether oxygens (including phenoxy) is 9. The van der Waals surface area contributed by atoms with Gasteiger partial charge in [0, 0.05) is 0 Å². The Bertz CT molecular complexity index is 2190. The third-order valence-corrected chi connectivity index (χ3v) is 11.4. The molecule has 10 atom stereocenters. The van der Waals surface area contributed by atoms with E-state index in [0.717, 1.165) is 33.4 Å². The average molecular weight is 867 g/mol. The lowest BCUT2D eigenvalue weighted by Gasteiger charge is -2.49. The lowest BCUT2D eigenvalue weighted by molar-refractivity contribution is -0.370. The molecule has 10 heteroatoms. The Morgan fingerprint density at radius 2 is 0.703 bits per heavy atom. The third kappa shape index (κ3) is 12.8. The molecule has 8 rings (SSSR count). The minimum Gasteiger partial charge on any atom is -0.374 e. The first kappa shape index (κ1) is 45.5. The number of benzene rings is 6. The highest BCUT2D eigenvalue weighted by atomic mass is 16.7. The van der Waals surface area contributed by atoms with Gasteiger partial charge in [0.05, 0.1) is 52.4 Å². The van der Waals surface area contributed by atoms with Crippen molar-refractivity contribution in [1.29, 1.82) is 0 Å². The molecule has 6 aromatic rings. The molecule has 64 heavy (non-hydrogen) atoms. The number of aliphatic hydroxyl groups is 1. The Morgan fingerprint density at radius 1 is 0.375 bits per heavy atom. The van der Waals surface area contributed by atoms with Gasteiger partial charge in [-0.15, -0.1) is 0 Å². The molecular weight excluding hydrogens is 809 g/mol. The van der Waals surface area contributed by atoms with E-state index in [-0.39, 0.29) is 26.4 Å². The van der Waals surface area contributed by atoms with Crippen molar-refractivity contribution < 1.29 is 47.7 Å². The molecule has 0 radical (unpaired) electrons. The van der Waals surface area contributed by atoms with Crippen LogP contribution in [0, 0.1) is 0 Å². The molecule has 2 aliphatic rings. The maximum atomic E-state index is 11.8. The van der Waals surface area contributed by atoms with Crippen LogP contribution in [0.5, 0.6) is 0 Å². The molecule has 0 aliphatic carbocycles. The van der Waals surface area contributed by atoms with Crippen molar-refractivity contribution in [2.45, 2.75) is 108 Å². The number of rotatable bonds is 21. The number of aliphatic hydroxyl groups excluding tert-OH is 1.